The van der Waals surface area contributed by atoms with E-state index in [2.05, 4.69) is 10.5 Å². The first-order chi connectivity index (χ1) is 18.5. The smallest absolute Gasteiger partial charge is 0.344 e. The molecular formula is C28H32N2O8S. The monoisotopic (exact) mass is 556 g/mol. The third kappa shape index (κ3) is 6.13. The predicted molar refractivity (Wildman–Crippen MR) is 145 cm³/mol. The van der Waals surface area contributed by atoms with Gasteiger partial charge in [-0.3, -0.25) is 14.9 Å². The standard InChI is InChI=1S/C28H32N2O8S/c1-6-35-22(31)13-36-24-15(2)16(3)25-23(17(24)4)20(30-34)12-28(5,38-25)14-37-19-9-7-18(8-10-19)11-21-26(32)29-27(33)39-21/h7-10,21,34H,6,11-14H2,1-5H3,(H,29,32,33). The van der Waals surface area contributed by atoms with E-state index in [1.54, 1.807) is 6.92 Å². The molecule has 10 nitrogen and oxygen atoms in total. The Labute approximate surface area is 231 Å². The molecule has 0 aliphatic carbocycles. The molecule has 2 aromatic rings. The molecule has 1 fully saturated rings. The number of ether oxygens (including phenoxy) is 4. The van der Waals surface area contributed by atoms with Crippen molar-refractivity contribution in [3.63, 3.8) is 0 Å². The van der Waals surface area contributed by atoms with Crippen molar-refractivity contribution in [2.45, 2.75) is 58.3 Å². The van der Waals surface area contributed by atoms with Gasteiger partial charge in [0, 0.05) is 17.5 Å². The highest BCUT2D eigenvalue weighted by Gasteiger charge is 2.40. The van der Waals surface area contributed by atoms with E-state index in [9.17, 15) is 19.6 Å². The third-order valence-corrected chi connectivity index (χ3v) is 7.76. The Balaban J connectivity index is 1.48. The Morgan fingerprint density at radius 3 is 2.49 bits per heavy atom. The molecule has 2 aliphatic heterocycles. The molecule has 2 aliphatic rings. The third-order valence-electron chi connectivity index (χ3n) is 6.78. The molecule has 4 rings (SSSR count). The van der Waals surface area contributed by atoms with Gasteiger partial charge < -0.3 is 24.2 Å². The number of amides is 2. The Morgan fingerprint density at radius 1 is 1.15 bits per heavy atom. The number of carbonyl (C=O) groups excluding carboxylic acids is 3. The second-order valence-corrected chi connectivity index (χ2v) is 11.0. The first-order valence-corrected chi connectivity index (χ1v) is 13.5. The van der Waals surface area contributed by atoms with Crippen molar-refractivity contribution in [3.8, 4) is 17.2 Å². The number of rotatable bonds is 9. The number of thioether (sulfide) groups is 1. The lowest BCUT2D eigenvalue weighted by Crippen LogP contribution is -2.45. The summed E-state index contributed by atoms with van der Waals surface area (Å²) < 4.78 is 23.3. The summed E-state index contributed by atoms with van der Waals surface area (Å²) in [5.41, 5.74) is 3.47. The SMILES string of the molecule is CCOC(=O)COc1c(C)c(C)c2c(c1C)C(=NO)CC(C)(COc1ccc(CC3SC(=O)NC3=O)cc1)O2. The number of fused-ring (bicyclic) bond motifs is 1. The number of hydrogen-bond acceptors (Lipinski definition) is 10. The molecule has 2 unspecified atom stereocenters. The van der Waals surface area contributed by atoms with E-state index in [4.69, 9.17) is 18.9 Å². The number of esters is 1. The molecule has 0 aromatic heterocycles. The van der Waals surface area contributed by atoms with Gasteiger partial charge in [-0.25, -0.2) is 4.79 Å². The minimum absolute atomic E-state index is 0.179. The predicted octanol–water partition coefficient (Wildman–Crippen LogP) is 4.25. The van der Waals surface area contributed by atoms with E-state index in [1.807, 2.05) is 52.0 Å². The Hall–Kier alpha value is -3.73. The average molecular weight is 557 g/mol. The summed E-state index contributed by atoms with van der Waals surface area (Å²) in [6.45, 7) is 9.45. The van der Waals surface area contributed by atoms with E-state index >= 15 is 0 Å². The van der Waals surface area contributed by atoms with Crippen LogP contribution in [0, 0.1) is 20.8 Å². The van der Waals surface area contributed by atoms with Crippen molar-refractivity contribution >= 4 is 34.6 Å². The van der Waals surface area contributed by atoms with Crippen LogP contribution in [0.3, 0.4) is 0 Å². The summed E-state index contributed by atoms with van der Waals surface area (Å²) >= 11 is 1.00. The molecule has 0 spiro atoms. The van der Waals surface area contributed by atoms with Gasteiger partial charge >= 0.3 is 5.97 Å². The van der Waals surface area contributed by atoms with Crippen LogP contribution in [-0.2, 0) is 20.7 Å². The summed E-state index contributed by atoms with van der Waals surface area (Å²) in [6.07, 6.45) is 0.719. The van der Waals surface area contributed by atoms with Crippen LogP contribution in [0.15, 0.2) is 29.4 Å². The zero-order valence-electron chi connectivity index (χ0n) is 22.6. The number of hydrogen-bond donors (Lipinski definition) is 2. The Bertz CT molecular complexity index is 1320. The molecule has 208 valence electrons. The van der Waals surface area contributed by atoms with Gasteiger partial charge in [0.15, 0.2) is 6.61 Å². The number of imide groups is 1. The molecular weight excluding hydrogens is 524 g/mol. The fourth-order valence-corrected chi connectivity index (χ4v) is 5.57. The number of oxime groups is 1. The van der Waals surface area contributed by atoms with Crippen LogP contribution in [0.5, 0.6) is 17.2 Å². The molecule has 2 amide bonds. The normalized spacial score (nSPS) is 21.3. The van der Waals surface area contributed by atoms with Crippen LogP contribution in [0.2, 0.25) is 0 Å². The number of nitrogens with one attached hydrogen (secondary N) is 1. The highest BCUT2D eigenvalue weighted by Crippen LogP contribution is 2.44. The van der Waals surface area contributed by atoms with Crippen molar-refractivity contribution in [2.75, 3.05) is 19.8 Å². The summed E-state index contributed by atoms with van der Waals surface area (Å²) in [5.74, 6) is 0.989. The molecule has 2 aromatic carbocycles. The fraction of sp³-hybridized carbons (Fsp3) is 0.429. The molecule has 0 bridgehead atoms. The maximum Gasteiger partial charge on any atom is 0.344 e. The van der Waals surface area contributed by atoms with Gasteiger partial charge in [-0.1, -0.05) is 29.1 Å². The highest BCUT2D eigenvalue weighted by molar-refractivity contribution is 8.15. The molecule has 11 heteroatoms. The Morgan fingerprint density at radius 2 is 1.87 bits per heavy atom. The van der Waals surface area contributed by atoms with Gasteiger partial charge in [0.25, 0.3) is 5.24 Å². The topological polar surface area (TPSA) is 133 Å². The molecule has 39 heavy (non-hydrogen) atoms. The number of carbonyl (C=O) groups is 3. The van der Waals surface area contributed by atoms with Gasteiger partial charge in [0.1, 0.15) is 29.5 Å². The lowest BCUT2D eigenvalue weighted by molar-refractivity contribution is -0.145. The summed E-state index contributed by atoms with van der Waals surface area (Å²) in [6, 6.07) is 7.34. The van der Waals surface area contributed by atoms with E-state index < -0.39 is 16.8 Å². The van der Waals surface area contributed by atoms with Crippen LogP contribution < -0.4 is 19.5 Å². The van der Waals surface area contributed by atoms with Crippen LogP contribution in [0.4, 0.5) is 4.79 Å². The molecule has 0 saturated carbocycles. The van der Waals surface area contributed by atoms with Gasteiger partial charge in [-0.2, -0.15) is 0 Å². The van der Waals surface area contributed by atoms with E-state index in [1.165, 1.54) is 0 Å². The minimum atomic E-state index is -0.830. The van der Waals surface area contributed by atoms with E-state index in [0.717, 1.165) is 28.5 Å². The van der Waals surface area contributed by atoms with Crippen LogP contribution in [-0.4, -0.2) is 58.7 Å². The quantitative estimate of drug-likeness (QED) is 0.264. The molecule has 2 N–H and O–H groups in total. The Kier molecular flexibility index (Phi) is 8.39. The summed E-state index contributed by atoms with van der Waals surface area (Å²) in [4.78, 5) is 35.1. The summed E-state index contributed by atoms with van der Waals surface area (Å²) in [7, 11) is 0. The largest absolute Gasteiger partial charge is 0.489 e. The zero-order valence-corrected chi connectivity index (χ0v) is 23.4. The second-order valence-electron chi connectivity index (χ2n) is 9.80. The van der Waals surface area contributed by atoms with Crippen molar-refractivity contribution in [1.82, 2.24) is 5.32 Å². The van der Waals surface area contributed by atoms with Crippen LogP contribution in [0.25, 0.3) is 0 Å². The van der Waals surface area contributed by atoms with Gasteiger partial charge in [0.2, 0.25) is 5.91 Å². The number of benzene rings is 2. The lowest BCUT2D eigenvalue weighted by atomic mass is 9.86. The van der Waals surface area contributed by atoms with Gasteiger partial charge in [0.05, 0.1) is 17.6 Å². The van der Waals surface area contributed by atoms with E-state index in [0.29, 0.717) is 40.5 Å². The van der Waals surface area contributed by atoms with E-state index in [-0.39, 0.29) is 37.4 Å². The molecule has 0 radical (unpaired) electrons. The maximum absolute atomic E-state index is 11.8. The molecule has 2 heterocycles. The van der Waals surface area contributed by atoms with Crippen molar-refractivity contribution < 1.29 is 38.5 Å². The van der Waals surface area contributed by atoms with Crippen molar-refractivity contribution in [2.24, 2.45) is 5.16 Å². The maximum atomic E-state index is 11.8. The molecule has 1 saturated heterocycles. The van der Waals surface area contributed by atoms with Crippen molar-refractivity contribution in [3.05, 3.63) is 52.1 Å². The van der Waals surface area contributed by atoms with Crippen LogP contribution in [0.1, 0.15) is 48.1 Å². The van der Waals surface area contributed by atoms with Crippen molar-refractivity contribution in [1.29, 1.82) is 0 Å². The zero-order chi connectivity index (χ0) is 28.3. The first kappa shape index (κ1) is 28.3. The second kappa shape index (κ2) is 11.6. The number of nitrogens with zero attached hydrogens (tertiary/aromatic N) is 1. The molecule has 2 atom stereocenters. The van der Waals surface area contributed by atoms with Gasteiger partial charge in [-0.05, 0) is 69.9 Å². The fourth-order valence-electron chi connectivity index (χ4n) is 4.71. The highest BCUT2D eigenvalue weighted by atomic mass is 32.2. The summed E-state index contributed by atoms with van der Waals surface area (Å²) in [5, 5.41) is 15.1. The first-order valence-electron chi connectivity index (χ1n) is 12.6. The minimum Gasteiger partial charge on any atom is -0.489 e. The van der Waals surface area contributed by atoms with Crippen LogP contribution >= 0.6 is 11.8 Å². The average Bonchev–Trinajstić information content (AvgIpc) is 3.22. The van der Waals surface area contributed by atoms with Gasteiger partial charge in [-0.15, -0.1) is 0 Å². The lowest BCUT2D eigenvalue weighted by Gasteiger charge is -2.38.